The summed E-state index contributed by atoms with van der Waals surface area (Å²) in [5, 5.41) is 0. The maximum absolute atomic E-state index is 9.90. The Morgan fingerprint density at radius 3 is 2.25 bits per heavy atom. The van der Waals surface area contributed by atoms with Gasteiger partial charge < -0.3 is 4.55 Å². The molecule has 0 fully saturated rings. The van der Waals surface area contributed by atoms with Crippen LogP contribution in [0.3, 0.4) is 0 Å². The quantitative estimate of drug-likeness (QED) is 0.223. The molecule has 0 saturated heterocycles. The van der Waals surface area contributed by atoms with Gasteiger partial charge in [0.15, 0.2) is 0 Å². The molecule has 0 heterocycles. The summed E-state index contributed by atoms with van der Waals surface area (Å²) < 4.78 is 33.7. The summed E-state index contributed by atoms with van der Waals surface area (Å²) in [7, 11) is -4.47. The third-order valence-corrected chi connectivity index (χ3v) is 1.61. The summed E-state index contributed by atoms with van der Waals surface area (Å²) in [5.74, 6) is 0.507. The predicted molar refractivity (Wildman–Crippen MR) is 39.7 cm³/mol. The summed E-state index contributed by atoms with van der Waals surface area (Å²) in [6.45, 7) is 4.04. The summed E-state index contributed by atoms with van der Waals surface area (Å²) >= 11 is 0. The van der Waals surface area contributed by atoms with E-state index in [9.17, 15) is 13.0 Å². The molecular weight excluding hydrogens is 191 g/mol. The van der Waals surface area contributed by atoms with Gasteiger partial charge in [-0.15, -0.1) is 0 Å². The molecule has 0 rings (SSSR count). The van der Waals surface area contributed by atoms with Crippen LogP contribution in [-0.2, 0) is 14.6 Å². The molecule has 0 bridgehead atoms. The van der Waals surface area contributed by atoms with Crippen molar-refractivity contribution in [1.82, 2.24) is 0 Å². The minimum absolute atomic E-state index is 0. The van der Waals surface area contributed by atoms with E-state index in [1.54, 1.807) is 0 Å². The molecule has 0 aromatic rings. The molecule has 0 amide bonds. The SMILES string of the molecule is CC(C)CCCOS(=O)(=O)[O-].[Na+]. The van der Waals surface area contributed by atoms with E-state index in [1.807, 2.05) is 13.8 Å². The van der Waals surface area contributed by atoms with Crippen molar-refractivity contribution in [3.05, 3.63) is 0 Å². The van der Waals surface area contributed by atoms with E-state index >= 15 is 0 Å². The first-order valence-electron chi connectivity index (χ1n) is 3.52. The minimum Gasteiger partial charge on any atom is -0.726 e. The molecule has 0 atom stereocenters. The average molecular weight is 204 g/mol. The summed E-state index contributed by atoms with van der Waals surface area (Å²) in [6.07, 6.45) is 1.48. The second-order valence-corrected chi connectivity index (χ2v) is 3.82. The van der Waals surface area contributed by atoms with Crippen LogP contribution in [0.4, 0.5) is 0 Å². The van der Waals surface area contributed by atoms with E-state index in [1.165, 1.54) is 0 Å². The Morgan fingerprint density at radius 1 is 1.42 bits per heavy atom. The fourth-order valence-electron chi connectivity index (χ4n) is 0.653. The first-order chi connectivity index (χ1) is 4.92. The Bertz CT molecular complexity index is 188. The topological polar surface area (TPSA) is 66.4 Å². The van der Waals surface area contributed by atoms with Crippen molar-refractivity contribution in [2.75, 3.05) is 6.61 Å². The second-order valence-electron chi connectivity index (χ2n) is 2.77. The van der Waals surface area contributed by atoms with E-state index in [0.29, 0.717) is 12.3 Å². The number of hydrogen-bond donors (Lipinski definition) is 0. The van der Waals surface area contributed by atoms with E-state index < -0.39 is 10.4 Å². The maximum Gasteiger partial charge on any atom is 1.00 e. The van der Waals surface area contributed by atoms with E-state index in [0.717, 1.165) is 6.42 Å². The van der Waals surface area contributed by atoms with Gasteiger partial charge >= 0.3 is 29.6 Å². The smallest absolute Gasteiger partial charge is 0.726 e. The molecule has 0 radical (unpaired) electrons. The number of hydrogen-bond acceptors (Lipinski definition) is 4. The van der Waals surface area contributed by atoms with Crippen LogP contribution < -0.4 is 29.6 Å². The third kappa shape index (κ3) is 13.5. The molecule has 0 aromatic carbocycles. The zero-order chi connectivity index (χ0) is 8.91. The van der Waals surface area contributed by atoms with Crippen molar-refractivity contribution in [3.8, 4) is 0 Å². The van der Waals surface area contributed by atoms with Crippen molar-refractivity contribution < 1.29 is 46.7 Å². The maximum atomic E-state index is 9.90. The predicted octanol–water partition coefficient (Wildman–Crippen LogP) is -2.10. The fourth-order valence-corrected chi connectivity index (χ4v) is 0.975. The van der Waals surface area contributed by atoms with Gasteiger partial charge in [0, 0.05) is 0 Å². The van der Waals surface area contributed by atoms with Crippen molar-refractivity contribution in [2.45, 2.75) is 26.7 Å². The molecule has 68 valence electrons. The zero-order valence-electron chi connectivity index (χ0n) is 7.74. The van der Waals surface area contributed by atoms with Crippen LogP contribution >= 0.6 is 0 Å². The monoisotopic (exact) mass is 204 g/mol. The van der Waals surface area contributed by atoms with Crippen LogP contribution in [-0.4, -0.2) is 19.6 Å². The molecule has 0 aliphatic carbocycles. The van der Waals surface area contributed by atoms with Crippen LogP contribution in [0.2, 0.25) is 0 Å². The minimum atomic E-state index is -4.47. The normalized spacial score (nSPS) is 11.3. The van der Waals surface area contributed by atoms with Gasteiger partial charge in [-0.3, -0.25) is 4.18 Å². The van der Waals surface area contributed by atoms with E-state index in [-0.39, 0.29) is 36.2 Å². The molecule has 6 heteroatoms. The van der Waals surface area contributed by atoms with E-state index in [4.69, 9.17) is 0 Å². The molecule has 0 aliphatic rings. The molecule has 4 nitrogen and oxygen atoms in total. The van der Waals surface area contributed by atoms with Gasteiger partial charge in [-0.2, -0.15) is 0 Å². The molecule has 0 aliphatic heterocycles. The fraction of sp³-hybridized carbons (Fsp3) is 1.00. The van der Waals surface area contributed by atoms with Gasteiger partial charge in [0.05, 0.1) is 6.61 Å². The first kappa shape index (κ1) is 15.3. The van der Waals surface area contributed by atoms with Gasteiger partial charge in [0.2, 0.25) is 10.4 Å². The largest absolute Gasteiger partial charge is 1.00 e. The Hall–Kier alpha value is 0.870. The van der Waals surface area contributed by atoms with E-state index in [2.05, 4.69) is 4.18 Å². The van der Waals surface area contributed by atoms with Gasteiger partial charge in [0.1, 0.15) is 0 Å². The van der Waals surface area contributed by atoms with Crippen molar-refractivity contribution in [1.29, 1.82) is 0 Å². The molecular formula is C6H13NaO4S. The Balaban J connectivity index is 0. The van der Waals surface area contributed by atoms with Gasteiger partial charge in [-0.25, -0.2) is 8.42 Å². The van der Waals surface area contributed by atoms with Crippen LogP contribution in [0.15, 0.2) is 0 Å². The standard InChI is InChI=1S/C6H14O4S.Na/c1-6(2)4-3-5-10-11(7,8)9;/h6H,3-5H2,1-2H3,(H,7,8,9);/q;+1/p-1. The average Bonchev–Trinajstić information content (AvgIpc) is 1.78. The van der Waals surface area contributed by atoms with Crippen molar-refractivity contribution in [2.24, 2.45) is 5.92 Å². The summed E-state index contributed by atoms with van der Waals surface area (Å²) in [5.41, 5.74) is 0. The van der Waals surface area contributed by atoms with Gasteiger partial charge in [-0.1, -0.05) is 13.8 Å². The molecule has 12 heavy (non-hydrogen) atoms. The molecule has 0 N–H and O–H groups in total. The molecule has 0 unspecified atom stereocenters. The second kappa shape index (κ2) is 7.29. The van der Waals surface area contributed by atoms with Crippen LogP contribution in [0.5, 0.6) is 0 Å². The molecule has 0 aromatic heterocycles. The van der Waals surface area contributed by atoms with Crippen molar-refractivity contribution >= 4 is 10.4 Å². The Labute approximate surface area is 95.9 Å². The van der Waals surface area contributed by atoms with Crippen LogP contribution in [0.25, 0.3) is 0 Å². The molecule has 0 saturated carbocycles. The van der Waals surface area contributed by atoms with Crippen LogP contribution in [0, 0.1) is 5.92 Å². The zero-order valence-corrected chi connectivity index (χ0v) is 10.6. The van der Waals surface area contributed by atoms with Gasteiger partial charge in [-0.05, 0) is 18.8 Å². The molecule has 0 spiro atoms. The first-order valence-corrected chi connectivity index (χ1v) is 4.85. The summed E-state index contributed by atoms with van der Waals surface area (Å²) in [4.78, 5) is 0. The number of rotatable bonds is 5. The third-order valence-electron chi connectivity index (χ3n) is 1.15. The van der Waals surface area contributed by atoms with Crippen LogP contribution in [0.1, 0.15) is 26.7 Å². The Kier molecular flexibility index (Phi) is 9.32. The van der Waals surface area contributed by atoms with Crippen molar-refractivity contribution in [3.63, 3.8) is 0 Å². The van der Waals surface area contributed by atoms with Gasteiger partial charge in [0.25, 0.3) is 0 Å². The summed E-state index contributed by atoms with van der Waals surface area (Å²) in [6, 6.07) is 0. The Morgan fingerprint density at radius 2 is 1.92 bits per heavy atom.